The van der Waals surface area contributed by atoms with Crippen LogP contribution in [0.1, 0.15) is 63.1 Å². The van der Waals surface area contributed by atoms with E-state index in [1.54, 1.807) is 48.5 Å². The third kappa shape index (κ3) is 11.6. The number of benzene rings is 2. The van der Waals surface area contributed by atoms with Gasteiger partial charge in [0.2, 0.25) is 21.8 Å². The molecule has 2 rings (SSSR count). The van der Waals surface area contributed by atoms with Crippen molar-refractivity contribution in [3.63, 3.8) is 0 Å². The minimum absolute atomic E-state index is 0.0277. The van der Waals surface area contributed by atoms with Crippen LogP contribution in [-0.4, -0.2) is 38.4 Å². The predicted octanol–water partition coefficient (Wildman–Crippen LogP) is 2.69. The van der Waals surface area contributed by atoms with Crippen molar-refractivity contribution in [3.05, 3.63) is 65.2 Å². The molecule has 0 saturated heterocycles. The van der Waals surface area contributed by atoms with Gasteiger partial charge in [0.25, 0.3) is 0 Å². The minimum Gasteiger partial charge on any atom is -0.445 e. The van der Waals surface area contributed by atoms with E-state index in [0.717, 1.165) is 6.42 Å². The molecule has 220 valence electrons. The standard InChI is InChI=1S/C28H41N5O6S/c1-4-5-11-24(26(34)31-16-21-12-13-22(23(29)15-21)17-39-28(30)36)32-27(35)25(14-19(2)3)33-40(37,38)18-20-9-7-6-8-10-20/h6-10,12-13,15,19,24-25,33H,4-5,11,14,16-18,29H2,1-3H3,(H2,30,36)(H,31,34)(H,32,35)/t24-,25+/m0/s1. The lowest BCUT2D eigenvalue weighted by atomic mass is 10.0. The van der Waals surface area contributed by atoms with Crippen LogP contribution in [0.4, 0.5) is 10.5 Å². The molecule has 0 saturated carbocycles. The molecule has 2 aromatic rings. The van der Waals surface area contributed by atoms with Crippen LogP contribution in [0, 0.1) is 5.92 Å². The number of carbonyl (C=O) groups is 3. The van der Waals surface area contributed by atoms with Crippen LogP contribution in [0.3, 0.4) is 0 Å². The maximum absolute atomic E-state index is 13.3. The van der Waals surface area contributed by atoms with Crippen LogP contribution in [0.25, 0.3) is 0 Å². The molecule has 0 spiro atoms. The minimum atomic E-state index is -3.82. The SMILES string of the molecule is CCCC[C@H](NC(=O)[C@@H](CC(C)C)NS(=O)(=O)Cc1ccccc1)C(=O)NCc1ccc(COC(N)=O)c(N)c1. The van der Waals surface area contributed by atoms with Gasteiger partial charge < -0.3 is 26.8 Å². The number of primary amides is 1. The Morgan fingerprint density at radius 3 is 2.27 bits per heavy atom. The second kappa shape index (κ2) is 15.8. The zero-order chi connectivity index (χ0) is 29.7. The summed E-state index contributed by atoms with van der Waals surface area (Å²) in [7, 11) is -3.82. The van der Waals surface area contributed by atoms with Crippen LogP contribution in [0.15, 0.2) is 48.5 Å². The van der Waals surface area contributed by atoms with Gasteiger partial charge in [-0.2, -0.15) is 0 Å². The van der Waals surface area contributed by atoms with Gasteiger partial charge in [-0.25, -0.2) is 17.9 Å². The van der Waals surface area contributed by atoms with Crippen molar-refractivity contribution in [2.24, 2.45) is 11.7 Å². The molecule has 11 nitrogen and oxygen atoms in total. The van der Waals surface area contributed by atoms with Gasteiger partial charge in [0.1, 0.15) is 18.7 Å². The summed E-state index contributed by atoms with van der Waals surface area (Å²) in [5, 5.41) is 5.58. The molecule has 0 fully saturated rings. The molecule has 0 aromatic heterocycles. The van der Waals surface area contributed by atoms with Gasteiger partial charge in [0.15, 0.2) is 0 Å². The molecule has 40 heavy (non-hydrogen) atoms. The highest BCUT2D eigenvalue weighted by Gasteiger charge is 2.29. The van der Waals surface area contributed by atoms with Crippen LogP contribution in [-0.2, 0) is 43.3 Å². The van der Waals surface area contributed by atoms with Gasteiger partial charge in [-0.05, 0) is 36.0 Å². The Balaban J connectivity index is 2.08. The molecule has 0 aliphatic carbocycles. The summed E-state index contributed by atoms with van der Waals surface area (Å²) in [4.78, 5) is 37.2. The highest BCUT2D eigenvalue weighted by atomic mass is 32.2. The van der Waals surface area contributed by atoms with Crippen molar-refractivity contribution in [1.29, 1.82) is 0 Å². The van der Waals surface area contributed by atoms with Crippen LogP contribution in [0.5, 0.6) is 0 Å². The second-order valence-electron chi connectivity index (χ2n) is 10.1. The average molecular weight is 576 g/mol. The highest BCUT2D eigenvalue weighted by molar-refractivity contribution is 7.88. The molecule has 2 atom stereocenters. The van der Waals surface area contributed by atoms with Gasteiger partial charge in [-0.15, -0.1) is 0 Å². The number of hydrogen-bond donors (Lipinski definition) is 5. The third-order valence-corrected chi connectivity index (χ3v) is 7.43. The van der Waals surface area contributed by atoms with E-state index < -0.39 is 40.0 Å². The Hall–Kier alpha value is -3.64. The summed E-state index contributed by atoms with van der Waals surface area (Å²) in [6.07, 6.45) is 1.26. The van der Waals surface area contributed by atoms with Gasteiger partial charge in [-0.1, -0.05) is 76.1 Å². The van der Waals surface area contributed by atoms with Gasteiger partial charge in [-0.3, -0.25) is 9.59 Å². The Morgan fingerprint density at radius 1 is 0.975 bits per heavy atom. The van der Waals surface area contributed by atoms with E-state index in [9.17, 15) is 22.8 Å². The molecule has 3 amide bonds. The number of nitrogens with two attached hydrogens (primary N) is 2. The zero-order valence-corrected chi connectivity index (χ0v) is 24.1. The maximum Gasteiger partial charge on any atom is 0.404 e. The number of amides is 3. The lowest BCUT2D eigenvalue weighted by Gasteiger charge is -2.24. The smallest absolute Gasteiger partial charge is 0.404 e. The Kier molecular flexibility index (Phi) is 12.9. The first-order valence-corrected chi connectivity index (χ1v) is 15.0. The van der Waals surface area contributed by atoms with Crippen LogP contribution >= 0.6 is 0 Å². The lowest BCUT2D eigenvalue weighted by Crippen LogP contribution is -2.54. The number of hydrogen-bond acceptors (Lipinski definition) is 7. The first kappa shape index (κ1) is 32.6. The molecule has 0 aliphatic rings. The molecular weight excluding hydrogens is 534 g/mol. The molecule has 0 radical (unpaired) electrons. The predicted molar refractivity (Wildman–Crippen MR) is 154 cm³/mol. The van der Waals surface area contributed by atoms with E-state index >= 15 is 0 Å². The average Bonchev–Trinajstić information content (AvgIpc) is 2.88. The number of nitrogens with one attached hydrogen (secondary N) is 3. The molecule has 12 heteroatoms. The Bertz CT molecular complexity index is 1240. The van der Waals surface area contributed by atoms with Crippen molar-refractivity contribution in [2.75, 3.05) is 5.73 Å². The fraction of sp³-hybridized carbons (Fsp3) is 0.464. The van der Waals surface area contributed by atoms with E-state index in [1.807, 2.05) is 20.8 Å². The summed E-state index contributed by atoms with van der Waals surface area (Å²) in [6.45, 7) is 5.85. The molecule has 0 heterocycles. The molecular formula is C28H41N5O6S. The lowest BCUT2D eigenvalue weighted by molar-refractivity contribution is -0.130. The zero-order valence-electron chi connectivity index (χ0n) is 23.3. The van der Waals surface area contributed by atoms with E-state index in [2.05, 4.69) is 15.4 Å². The molecule has 7 N–H and O–H groups in total. The van der Waals surface area contributed by atoms with E-state index in [0.29, 0.717) is 35.2 Å². The largest absolute Gasteiger partial charge is 0.445 e. The summed E-state index contributed by atoms with van der Waals surface area (Å²) in [5.41, 5.74) is 13.3. The fourth-order valence-electron chi connectivity index (χ4n) is 4.03. The highest BCUT2D eigenvalue weighted by Crippen LogP contribution is 2.16. The van der Waals surface area contributed by atoms with E-state index in [-0.39, 0.29) is 31.2 Å². The fourth-order valence-corrected chi connectivity index (χ4v) is 5.38. The maximum atomic E-state index is 13.3. The monoisotopic (exact) mass is 575 g/mol. The van der Waals surface area contributed by atoms with Gasteiger partial charge in [0, 0.05) is 17.8 Å². The molecule has 0 bridgehead atoms. The summed E-state index contributed by atoms with van der Waals surface area (Å²) >= 11 is 0. The number of ether oxygens (including phenoxy) is 1. The normalized spacial score (nSPS) is 12.9. The topological polar surface area (TPSA) is 183 Å². The van der Waals surface area contributed by atoms with Crippen molar-refractivity contribution in [2.45, 2.75) is 77.4 Å². The van der Waals surface area contributed by atoms with Gasteiger partial charge in [0.05, 0.1) is 5.75 Å². The molecule has 0 aliphatic heterocycles. The number of nitrogen functional groups attached to an aromatic ring is 1. The van der Waals surface area contributed by atoms with Crippen molar-refractivity contribution < 1.29 is 27.5 Å². The van der Waals surface area contributed by atoms with E-state index in [1.165, 1.54) is 0 Å². The Morgan fingerprint density at radius 2 is 1.68 bits per heavy atom. The number of unbranched alkanes of at least 4 members (excludes halogenated alkanes) is 1. The van der Waals surface area contributed by atoms with Crippen molar-refractivity contribution in [1.82, 2.24) is 15.4 Å². The quantitative estimate of drug-likeness (QED) is 0.191. The Labute approximate surface area is 236 Å². The van der Waals surface area contributed by atoms with Crippen LogP contribution < -0.4 is 26.8 Å². The summed E-state index contributed by atoms with van der Waals surface area (Å²) in [6, 6.07) is 11.9. The van der Waals surface area contributed by atoms with Crippen molar-refractivity contribution >= 4 is 33.6 Å². The number of rotatable bonds is 16. The summed E-state index contributed by atoms with van der Waals surface area (Å²) < 4.78 is 33.0. The van der Waals surface area contributed by atoms with Gasteiger partial charge >= 0.3 is 6.09 Å². The first-order valence-electron chi connectivity index (χ1n) is 13.3. The number of sulfonamides is 1. The van der Waals surface area contributed by atoms with Crippen molar-refractivity contribution in [3.8, 4) is 0 Å². The molecule has 2 aromatic carbocycles. The molecule has 0 unspecified atom stereocenters. The number of carbonyl (C=O) groups excluding carboxylic acids is 3. The van der Waals surface area contributed by atoms with E-state index in [4.69, 9.17) is 16.2 Å². The number of anilines is 1. The summed E-state index contributed by atoms with van der Waals surface area (Å²) in [5.74, 6) is -1.17. The first-order chi connectivity index (χ1) is 18.9. The second-order valence-corrected chi connectivity index (χ2v) is 11.9. The third-order valence-electron chi connectivity index (χ3n) is 6.07. The van der Waals surface area contributed by atoms with Crippen LogP contribution in [0.2, 0.25) is 0 Å².